The number of carbonyl (C=O) groups is 1. The van der Waals surface area contributed by atoms with E-state index in [9.17, 15) is 4.79 Å². The summed E-state index contributed by atoms with van der Waals surface area (Å²) in [5.41, 5.74) is 4.59. The van der Waals surface area contributed by atoms with Crippen LogP contribution < -0.4 is 5.73 Å². The van der Waals surface area contributed by atoms with Gasteiger partial charge in [0.1, 0.15) is 0 Å². The molecule has 0 saturated heterocycles. The SMILES string of the molecule is CC#CC(N)=O.O=P(O)(O)O. The highest BCUT2D eigenvalue weighted by atomic mass is 31.2. The molecule has 0 aliphatic heterocycles. The Kier molecular flexibility index (Phi) is 6.85. The van der Waals surface area contributed by atoms with Gasteiger partial charge in [-0.15, -0.1) is 0 Å². The van der Waals surface area contributed by atoms with E-state index in [4.69, 9.17) is 19.2 Å². The molecule has 64 valence electrons. The molecule has 0 aliphatic carbocycles. The first-order valence-electron chi connectivity index (χ1n) is 2.28. The number of carbonyl (C=O) groups excluding carboxylic acids is 1. The summed E-state index contributed by atoms with van der Waals surface area (Å²) >= 11 is 0. The van der Waals surface area contributed by atoms with Crippen molar-refractivity contribution >= 4 is 13.7 Å². The summed E-state index contributed by atoms with van der Waals surface area (Å²) in [6.07, 6.45) is 0. The third kappa shape index (κ3) is 102. The van der Waals surface area contributed by atoms with Crippen LogP contribution in [-0.4, -0.2) is 20.6 Å². The van der Waals surface area contributed by atoms with E-state index >= 15 is 0 Å². The van der Waals surface area contributed by atoms with E-state index in [1.54, 1.807) is 6.92 Å². The highest BCUT2D eigenvalue weighted by Crippen LogP contribution is 2.25. The number of nitrogens with two attached hydrogens (primary N) is 1. The Bertz CT molecular complexity index is 212. The Hall–Kier alpha value is -0.860. The van der Waals surface area contributed by atoms with Crippen LogP contribution >= 0.6 is 7.82 Å². The Morgan fingerprint density at radius 1 is 1.45 bits per heavy atom. The Morgan fingerprint density at radius 3 is 1.73 bits per heavy atom. The van der Waals surface area contributed by atoms with E-state index in [0.717, 1.165) is 0 Å². The molecule has 0 spiro atoms. The Balaban J connectivity index is 0. The number of hydrogen-bond acceptors (Lipinski definition) is 2. The van der Waals surface area contributed by atoms with Crippen molar-refractivity contribution in [3.05, 3.63) is 0 Å². The van der Waals surface area contributed by atoms with Crippen molar-refractivity contribution in [2.75, 3.05) is 0 Å². The van der Waals surface area contributed by atoms with Gasteiger partial charge in [-0.25, -0.2) is 4.57 Å². The molecule has 0 aromatic carbocycles. The van der Waals surface area contributed by atoms with E-state index in [2.05, 4.69) is 17.6 Å². The number of primary amides is 1. The van der Waals surface area contributed by atoms with E-state index in [0.29, 0.717) is 0 Å². The van der Waals surface area contributed by atoms with Crippen LogP contribution in [0.1, 0.15) is 6.92 Å². The van der Waals surface area contributed by atoms with Crippen molar-refractivity contribution in [2.24, 2.45) is 5.73 Å². The molecule has 0 fully saturated rings. The summed E-state index contributed by atoms with van der Waals surface area (Å²) < 4.78 is 8.88. The maximum absolute atomic E-state index is 9.65. The number of rotatable bonds is 0. The van der Waals surface area contributed by atoms with Crippen LogP contribution in [0.15, 0.2) is 0 Å². The monoisotopic (exact) mass is 181 g/mol. The summed E-state index contributed by atoms with van der Waals surface area (Å²) in [6.45, 7) is 1.56. The smallest absolute Gasteiger partial charge is 0.359 e. The minimum absolute atomic E-state index is 0.572. The fourth-order valence-electron chi connectivity index (χ4n) is 0.123. The quantitative estimate of drug-likeness (QED) is 0.269. The molecule has 1 amide bonds. The summed E-state index contributed by atoms with van der Waals surface area (Å²) in [5, 5.41) is 0. The first-order valence-corrected chi connectivity index (χ1v) is 3.84. The van der Waals surface area contributed by atoms with Gasteiger partial charge in [-0.05, 0) is 12.8 Å². The summed E-state index contributed by atoms with van der Waals surface area (Å²) in [6, 6.07) is 0. The standard InChI is InChI=1S/C4H5NO.H3O4P/c1-2-3-4(5)6;1-5(2,3)4/h1H3,(H2,5,6);(H3,1,2,3,4). The second-order valence-corrected chi connectivity index (χ2v) is 2.28. The van der Waals surface area contributed by atoms with Gasteiger partial charge >= 0.3 is 7.82 Å². The summed E-state index contributed by atoms with van der Waals surface area (Å²) in [4.78, 5) is 31.2. The largest absolute Gasteiger partial charge is 0.466 e. The normalized spacial score (nSPS) is 8.36. The van der Waals surface area contributed by atoms with Crippen molar-refractivity contribution in [3.8, 4) is 11.8 Å². The van der Waals surface area contributed by atoms with Gasteiger partial charge in [0.05, 0.1) is 0 Å². The maximum atomic E-state index is 9.65. The minimum Gasteiger partial charge on any atom is -0.359 e. The van der Waals surface area contributed by atoms with E-state index in [1.165, 1.54) is 0 Å². The predicted octanol–water partition coefficient (Wildman–Crippen LogP) is -1.43. The third-order valence-corrected chi connectivity index (χ3v) is 0.248. The molecule has 0 aliphatic rings. The van der Waals surface area contributed by atoms with Crippen molar-refractivity contribution in [1.82, 2.24) is 0 Å². The van der Waals surface area contributed by atoms with Gasteiger partial charge in [-0.3, -0.25) is 4.79 Å². The molecule has 0 aromatic heterocycles. The number of phosphoric acid groups is 1. The van der Waals surface area contributed by atoms with Gasteiger partial charge in [0, 0.05) is 0 Å². The van der Waals surface area contributed by atoms with Crippen molar-refractivity contribution in [2.45, 2.75) is 6.92 Å². The Morgan fingerprint density at radius 2 is 1.73 bits per heavy atom. The van der Waals surface area contributed by atoms with Crippen molar-refractivity contribution < 1.29 is 24.0 Å². The molecule has 0 bridgehead atoms. The van der Waals surface area contributed by atoms with Crippen LogP contribution in [0.5, 0.6) is 0 Å². The predicted molar refractivity (Wildman–Crippen MR) is 36.9 cm³/mol. The second kappa shape index (κ2) is 5.89. The fourth-order valence-corrected chi connectivity index (χ4v) is 0.123. The lowest BCUT2D eigenvalue weighted by atomic mass is 10.6. The van der Waals surface area contributed by atoms with Gasteiger partial charge in [-0.1, -0.05) is 5.92 Å². The Labute approximate surface area is 63.3 Å². The zero-order valence-corrected chi connectivity index (χ0v) is 6.58. The van der Waals surface area contributed by atoms with Gasteiger partial charge < -0.3 is 20.4 Å². The van der Waals surface area contributed by atoms with E-state index in [1.807, 2.05) is 0 Å². The van der Waals surface area contributed by atoms with Crippen LogP contribution in [0.3, 0.4) is 0 Å². The first kappa shape index (κ1) is 12.8. The highest BCUT2D eigenvalue weighted by molar-refractivity contribution is 7.45. The summed E-state index contributed by atoms with van der Waals surface area (Å²) in [5.74, 6) is 3.87. The second-order valence-electron chi connectivity index (χ2n) is 1.25. The van der Waals surface area contributed by atoms with Crippen LogP contribution in [0.4, 0.5) is 0 Å². The van der Waals surface area contributed by atoms with Crippen LogP contribution in [0.25, 0.3) is 0 Å². The molecule has 0 atom stereocenters. The molecular formula is C4H8NO5P. The molecule has 5 N–H and O–H groups in total. The molecular weight excluding hydrogens is 173 g/mol. The van der Waals surface area contributed by atoms with Crippen molar-refractivity contribution in [1.29, 1.82) is 0 Å². The van der Waals surface area contributed by atoms with E-state index < -0.39 is 13.7 Å². The average molecular weight is 181 g/mol. The lowest BCUT2D eigenvalue weighted by Gasteiger charge is -1.82. The molecule has 0 aromatic rings. The third-order valence-electron chi connectivity index (χ3n) is 0.248. The molecule has 0 saturated carbocycles. The first-order chi connectivity index (χ1) is 4.77. The molecule has 6 nitrogen and oxygen atoms in total. The molecule has 0 radical (unpaired) electrons. The van der Waals surface area contributed by atoms with Crippen molar-refractivity contribution in [3.63, 3.8) is 0 Å². The zero-order chi connectivity index (χ0) is 9.49. The molecule has 0 heterocycles. The zero-order valence-electron chi connectivity index (χ0n) is 5.68. The number of hydrogen-bond donors (Lipinski definition) is 4. The van der Waals surface area contributed by atoms with Gasteiger partial charge in [0.2, 0.25) is 0 Å². The highest BCUT2D eigenvalue weighted by Gasteiger charge is 2.00. The summed E-state index contributed by atoms with van der Waals surface area (Å²) in [7, 11) is -4.64. The molecule has 11 heavy (non-hydrogen) atoms. The van der Waals surface area contributed by atoms with E-state index in [-0.39, 0.29) is 0 Å². The molecule has 7 heteroatoms. The maximum Gasteiger partial charge on any atom is 0.466 e. The molecule has 0 rings (SSSR count). The van der Waals surface area contributed by atoms with Crippen LogP contribution in [-0.2, 0) is 9.36 Å². The lowest BCUT2D eigenvalue weighted by molar-refractivity contribution is -0.112. The van der Waals surface area contributed by atoms with Gasteiger partial charge in [-0.2, -0.15) is 0 Å². The van der Waals surface area contributed by atoms with Crippen LogP contribution in [0.2, 0.25) is 0 Å². The average Bonchev–Trinajstić information content (AvgIpc) is 1.58. The lowest BCUT2D eigenvalue weighted by Crippen LogP contribution is -2.05. The van der Waals surface area contributed by atoms with Gasteiger partial charge in [0.25, 0.3) is 5.91 Å². The van der Waals surface area contributed by atoms with Gasteiger partial charge in [0.15, 0.2) is 0 Å². The fraction of sp³-hybridized carbons (Fsp3) is 0.250. The number of amides is 1. The van der Waals surface area contributed by atoms with Crippen LogP contribution in [0, 0.1) is 11.8 Å². The molecule has 0 unspecified atom stereocenters. The topological polar surface area (TPSA) is 121 Å². The minimum atomic E-state index is -4.64.